The molecule has 4 aromatic carbocycles. The lowest BCUT2D eigenvalue weighted by Crippen LogP contribution is -2.49. The first-order chi connectivity index (χ1) is 26.8. The number of nitrogens with zero attached hydrogens (tertiary/aromatic N) is 3. The van der Waals surface area contributed by atoms with Crippen LogP contribution in [-0.4, -0.2) is 50.7 Å². The zero-order valence-electron chi connectivity index (χ0n) is 32.8. The van der Waals surface area contributed by atoms with Gasteiger partial charge < -0.3 is 20.4 Å². The van der Waals surface area contributed by atoms with Crippen LogP contribution in [-0.2, 0) is 13.0 Å². The number of rotatable bonds is 6. The molecular weight excluding hydrogens is 678 g/mol. The summed E-state index contributed by atoms with van der Waals surface area (Å²) in [7, 11) is 0. The summed E-state index contributed by atoms with van der Waals surface area (Å²) in [5.74, 6) is 1.11. The Kier molecular flexibility index (Phi) is 11.1. The van der Waals surface area contributed by atoms with Crippen molar-refractivity contribution in [3.05, 3.63) is 161 Å². The Balaban J connectivity index is 0.000000477. The number of nitrogens with one attached hydrogen (secondary N) is 2. The van der Waals surface area contributed by atoms with Gasteiger partial charge in [0.2, 0.25) is 0 Å². The van der Waals surface area contributed by atoms with Gasteiger partial charge in [-0.1, -0.05) is 86.0 Å². The van der Waals surface area contributed by atoms with Crippen LogP contribution < -0.4 is 20.4 Å². The van der Waals surface area contributed by atoms with Gasteiger partial charge in [0.1, 0.15) is 5.82 Å². The van der Waals surface area contributed by atoms with Crippen LogP contribution >= 0.6 is 0 Å². The fourth-order valence-corrected chi connectivity index (χ4v) is 9.71. The second-order valence-electron chi connectivity index (χ2n) is 16.5. The van der Waals surface area contributed by atoms with E-state index in [4.69, 9.17) is 0 Å². The van der Waals surface area contributed by atoms with Gasteiger partial charge in [0.05, 0.1) is 5.69 Å². The molecule has 1 aliphatic carbocycles. The number of piperidine rings is 2. The second kappa shape index (κ2) is 16.5. The van der Waals surface area contributed by atoms with Crippen molar-refractivity contribution >= 4 is 17.1 Å². The molecule has 3 saturated heterocycles. The molecule has 0 bridgehead atoms. The lowest BCUT2D eigenvalue weighted by Gasteiger charge is -2.40. The molecule has 0 amide bonds. The number of aryl methyl sites for hydroxylation is 2. The molecule has 4 aromatic rings. The van der Waals surface area contributed by atoms with Crippen molar-refractivity contribution < 1.29 is 4.39 Å². The quantitative estimate of drug-likeness (QED) is 0.206. The topological polar surface area (TPSA) is 33.8 Å². The van der Waals surface area contributed by atoms with E-state index in [1.165, 1.54) is 45.5 Å². The van der Waals surface area contributed by atoms with E-state index in [0.29, 0.717) is 11.8 Å². The Morgan fingerprint density at radius 1 is 0.709 bits per heavy atom. The number of hydrogen-bond acceptors (Lipinski definition) is 5. The third-order valence-corrected chi connectivity index (χ3v) is 12.7. The maximum absolute atomic E-state index is 16.0. The van der Waals surface area contributed by atoms with Gasteiger partial charge in [0.15, 0.2) is 0 Å². The number of fused-ring (bicyclic) bond motifs is 2. The maximum atomic E-state index is 16.0. The molecule has 0 aromatic heterocycles. The van der Waals surface area contributed by atoms with E-state index in [-0.39, 0.29) is 11.7 Å². The molecule has 5 aliphatic rings. The molecule has 55 heavy (non-hydrogen) atoms. The van der Waals surface area contributed by atoms with Gasteiger partial charge in [-0.05, 0) is 116 Å². The summed E-state index contributed by atoms with van der Waals surface area (Å²) in [4.78, 5) is 7.47. The van der Waals surface area contributed by atoms with Crippen LogP contribution in [0.2, 0.25) is 0 Å². The van der Waals surface area contributed by atoms with E-state index < -0.39 is 0 Å². The molecule has 0 saturated carbocycles. The predicted octanol–water partition coefficient (Wildman–Crippen LogP) is 9.90. The first-order valence-corrected chi connectivity index (χ1v) is 20.6. The Hall–Kier alpha value is -4.81. The summed E-state index contributed by atoms with van der Waals surface area (Å²) in [6.45, 7) is 22.1. The summed E-state index contributed by atoms with van der Waals surface area (Å²) in [6.07, 6.45) is 7.83. The van der Waals surface area contributed by atoms with E-state index in [9.17, 15) is 0 Å². The van der Waals surface area contributed by atoms with Crippen LogP contribution in [0.3, 0.4) is 0 Å². The number of halogens is 1. The molecule has 9 rings (SSSR count). The summed E-state index contributed by atoms with van der Waals surface area (Å²) >= 11 is 0. The standard InChI is InChI=1S/C42H47FN4.C7H11N/c1-29-8-12-39-33(24-29)9-13-38(32-6-4-3-5-7-32)42(39)34-10-15-41(40(43)26-34)47-18-16-31(17-19-47)28-45-20-22-46(23-21-45)36-11-14-37-30(2)44-27-35(37)25-36;1-6-4-3-5-7(2)8-6/h3-8,10-12,14-15,24-26,31,38,42,44H,2,9,13,16-23,27-28H2,1H3;8H,1-5H2. The number of anilines is 2. The highest BCUT2D eigenvalue weighted by Gasteiger charge is 2.33. The molecule has 2 unspecified atom stereocenters. The van der Waals surface area contributed by atoms with Crippen LogP contribution in [0.4, 0.5) is 15.8 Å². The van der Waals surface area contributed by atoms with Crippen LogP contribution in [0, 0.1) is 18.7 Å². The van der Waals surface area contributed by atoms with Crippen molar-refractivity contribution in [2.75, 3.05) is 55.6 Å². The van der Waals surface area contributed by atoms with Crippen molar-refractivity contribution in [3.8, 4) is 0 Å². The van der Waals surface area contributed by atoms with Gasteiger partial charge in [-0.3, -0.25) is 4.90 Å². The summed E-state index contributed by atoms with van der Waals surface area (Å²) in [5, 5.41) is 6.46. The van der Waals surface area contributed by atoms with Gasteiger partial charge in [-0.15, -0.1) is 0 Å². The summed E-state index contributed by atoms with van der Waals surface area (Å²) < 4.78 is 16.0. The monoisotopic (exact) mass is 735 g/mol. The van der Waals surface area contributed by atoms with Gasteiger partial charge >= 0.3 is 0 Å². The van der Waals surface area contributed by atoms with E-state index >= 15 is 4.39 Å². The Labute approximate surface area is 328 Å². The highest BCUT2D eigenvalue weighted by Crippen LogP contribution is 2.47. The number of hydrogen-bond donors (Lipinski definition) is 2. The molecule has 6 heteroatoms. The zero-order chi connectivity index (χ0) is 37.9. The number of allylic oxidation sites excluding steroid dienone is 2. The average Bonchev–Trinajstić information content (AvgIpc) is 3.58. The lowest BCUT2D eigenvalue weighted by molar-refractivity contribution is 0.201. The fourth-order valence-electron chi connectivity index (χ4n) is 9.71. The molecule has 2 atom stereocenters. The zero-order valence-corrected chi connectivity index (χ0v) is 32.8. The van der Waals surface area contributed by atoms with Crippen molar-refractivity contribution in [3.63, 3.8) is 0 Å². The van der Waals surface area contributed by atoms with Gasteiger partial charge in [-0.2, -0.15) is 0 Å². The van der Waals surface area contributed by atoms with E-state index in [2.05, 4.69) is 131 Å². The molecule has 4 heterocycles. The van der Waals surface area contributed by atoms with Gasteiger partial charge in [0, 0.05) is 86.6 Å². The van der Waals surface area contributed by atoms with Crippen LogP contribution in [0.15, 0.2) is 116 Å². The van der Waals surface area contributed by atoms with Crippen LogP contribution in [0.5, 0.6) is 0 Å². The SMILES string of the molecule is C=C1CCCC(=C)N1.C=C1NCc2cc(N3CCN(CC4CCN(c5ccc(C6c7ccc(C)cc7CCC6c6ccccc6)cc5F)CC4)CC3)ccc21. The smallest absolute Gasteiger partial charge is 0.146 e. The summed E-state index contributed by atoms with van der Waals surface area (Å²) in [5.41, 5.74) is 14.5. The minimum atomic E-state index is -0.0743. The van der Waals surface area contributed by atoms with Crippen LogP contribution in [0.1, 0.15) is 89.3 Å². The van der Waals surface area contributed by atoms with Crippen molar-refractivity contribution in [2.24, 2.45) is 5.92 Å². The van der Waals surface area contributed by atoms with Crippen molar-refractivity contribution in [1.82, 2.24) is 15.5 Å². The average molecular weight is 736 g/mol. The first kappa shape index (κ1) is 37.1. The third kappa shape index (κ3) is 8.40. The normalized spacial score (nSPS) is 21.6. The molecule has 3 fully saturated rings. The van der Waals surface area contributed by atoms with Gasteiger partial charge in [0.25, 0.3) is 0 Å². The molecule has 0 radical (unpaired) electrons. The molecule has 2 N–H and O–H groups in total. The highest BCUT2D eigenvalue weighted by atomic mass is 19.1. The lowest BCUT2D eigenvalue weighted by atomic mass is 9.69. The predicted molar refractivity (Wildman–Crippen MR) is 228 cm³/mol. The molecule has 286 valence electrons. The molecule has 5 nitrogen and oxygen atoms in total. The van der Waals surface area contributed by atoms with Crippen molar-refractivity contribution in [2.45, 2.75) is 70.3 Å². The molecular formula is C49H58FN5. The Bertz CT molecular complexity index is 2010. The van der Waals surface area contributed by atoms with E-state index in [1.807, 2.05) is 6.07 Å². The van der Waals surface area contributed by atoms with Gasteiger partial charge in [-0.25, -0.2) is 4.39 Å². The Morgan fingerprint density at radius 2 is 1.47 bits per heavy atom. The Morgan fingerprint density at radius 3 is 2.18 bits per heavy atom. The van der Waals surface area contributed by atoms with E-state index in [1.54, 1.807) is 0 Å². The third-order valence-electron chi connectivity index (χ3n) is 12.7. The highest BCUT2D eigenvalue weighted by molar-refractivity contribution is 5.71. The molecule has 0 spiro atoms. The largest absolute Gasteiger partial charge is 0.381 e. The summed E-state index contributed by atoms with van der Waals surface area (Å²) in [6, 6.07) is 30.7. The minimum Gasteiger partial charge on any atom is -0.381 e. The second-order valence-corrected chi connectivity index (χ2v) is 16.5. The van der Waals surface area contributed by atoms with E-state index in [0.717, 1.165) is 119 Å². The number of benzene rings is 4. The fraction of sp³-hybridized carbons (Fsp3) is 0.388. The minimum absolute atomic E-state index is 0.0743. The molecule has 4 aliphatic heterocycles. The maximum Gasteiger partial charge on any atom is 0.146 e. The van der Waals surface area contributed by atoms with Crippen molar-refractivity contribution in [1.29, 1.82) is 0 Å². The number of piperazine rings is 1. The van der Waals surface area contributed by atoms with Crippen LogP contribution in [0.25, 0.3) is 5.70 Å². The first-order valence-electron chi connectivity index (χ1n) is 20.6.